The Morgan fingerprint density at radius 1 is 1.11 bits per heavy atom. The van der Waals surface area contributed by atoms with Crippen molar-refractivity contribution in [1.82, 2.24) is 14.8 Å². The summed E-state index contributed by atoms with van der Waals surface area (Å²) < 4.78 is 16.4. The predicted octanol–water partition coefficient (Wildman–Crippen LogP) is 6.05. The van der Waals surface area contributed by atoms with Crippen molar-refractivity contribution in [3.05, 3.63) is 64.6 Å². The van der Waals surface area contributed by atoms with Crippen LogP contribution in [-0.4, -0.2) is 53.0 Å². The highest BCUT2D eigenvalue weighted by Gasteiger charge is 2.57. The van der Waals surface area contributed by atoms with Crippen molar-refractivity contribution in [3.8, 4) is 0 Å². The summed E-state index contributed by atoms with van der Waals surface area (Å²) in [4.78, 5) is 9.05. The summed E-state index contributed by atoms with van der Waals surface area (Å²) in [6.07, 6.45) is 7.53. The first kappa shape index (κ1) is 21.7. The Balaban J connectivity index is 1.25. The molecule has 5 aliphatic rings. The first-order chi connectivity index (χ1) is 17.7. The molecule has 5 heteroatoms. The molecule has 3 unspecified atom stereocenters. The maximum absolute atomic E-state index is 16.4. The quantitative estimate of drug-likeness (QED) is 0.473. The molecule has 2 aliphatic carbocycles. The minimum Gasteiger partial charge on any atom is -0.384 e. The number of halogens is 1. The van der Waals surface area contributed by atoms with Gasteiger partial charge in [0.15, 0.2) is 0 Å². The highest BCUT2D eigenvalue weighted by Crippen LogP contribution is 2.63. The van der Waals surface area contributed by atoms with Gasteiger partial charge in [-0.05, 0) is 106 Å². The minimum atomic E-state index is -0.0168. The van der Waals surface area contributed by atoms with E-state index in [1.165, 1.54) is 72.9 Å². The van der Waals surface area contributed by atoms with Crippen molar-refractivity contribution in [3.63, 3.8) is 0 Å². The molecule has 188 valence electrons. The second kappa shape index (κ2) is 8.06. The van der Waals surface area contributed by atoms with Crippen LogP contribution in [0, 0.1) is 17.7 Å². The van der Waals surface area contributed by atoms with Gasteiger partial charge in [0.2, 0.25) is 0 Å². The first-order valence-corrected chi connectivity index (χ1v) is 14.3. The van der Waals surface area contributed by atoms with E-state index in [0.29, 0.717) is 23.9 Å². The van der Waals surface area contributed by atoms with E-state index in [2.05, 4.69) is 57.4 Å². The van der Waals surface area contributed by atoms with Gasteiger partial charge in [-0.15, -0.1) is 0 Å². The van der Waals surface area contributed by atoms with Crippen molar-refractivity contribution in [2.24, 2.45) is 11.8 Å². The third kappa shape index (κ3) is 3.05. The number of rotatable bonds is 4. The number of fused-ring (bicyclic) bond motifs is 8. The number of hydrogen-bond acceptors (Lipinski definition) is 3. The number of aromatic nitrogens is 1. The van der Waals surface area contributed by atoms with E-state index in [4.69, 9.17) is 0 Å². The summed E-state index contributed by atoms with van der Waals surface area (Å²) in [6.45, 7) is 6.72. The summed E-state index contributed by atoms with van der Waals surface area (Å²) in [5.74, 6) is 1.89. The zero-order chi connectivity index (χ0) is 24.0. The zero-order valence-corrected chi connectivity index (χ0v) is 21.3. The smallest absolute Gasteiger partial charge is 0.130 e. The molecule has 4 nitrogen and oxygen atoms in total. The Morgan fingerprint density at radius 2 is 1.97 bits per heavy atom. The van der Waals surface area contributed by atoms with Gasteiger partial charge in [-0.1, -0.05) is 18.2 Å². The van der Waals surface area contributed by atoms with Crippen LogP contribution in [0.15, 0.2) is 36.4 Å². The number of hydrogen-bond donors (Lipinski definition) is 2. The normalized spacial score (nSPS) is 32.9. The van der Waals surface area contributed by atoms with Gasteiger partial charge < -0.3 is 15.2 Å². The monoisotopic (exact) mass is 484 g/mol. The molecule has 1 saturated heterocycles. The highest BCUT2D eigenvalue weighted by atomic mass is 19.1. The maximum Gasteiger partial charge on any atom is 0.130 e. The predicted molar refractivity (Wildman–Crippen MR) is 143 cm³/mol. The zero-order valence-electron chi connectivity index (χ0n) is 21.3. The van der Waals surface area contributed by atoms with Gasteiger partial charge in [0.25, 0.3) is 0 Å². The number of nitrogens with zero attached hydrogens (tertiary/aromatic N) is 2. The van der Waals surface area contributed by atoms with Crippen LogP contribution >= 0.6 is 0 Å². The molecule has 1 aromatic heterocycles. The fourth-order valence-electron chi connectivity index (χ4n) is 8.90. The largest absolute Gasteiger partial charge is 0.384 e. The molecule has 0 spiro atoms. The van der Waals surface area contributed by atoms with Gasteiger partial charge in [-0.3, -0.25) is 4.90 Å². The molecule has 2 N–H and O–H groups in total. The van der Waals surface area contributed by atoms with Crippen LogP contribution < -0.4 is 5.32 Å². The number of para-hydroxylation sites is 1. The Kier molecular flexibility index (Phi) is 4.86. The fraction of sp³-hybridized carbons (Fsp3) is 0.548. The van der Waals surface area contributed by atoms with Crippen molar-refractivity contribution in [2.45, 2.75) is 69.5 Å². The van der Waals surface area contributed by atoms with E-state index >= 15 is 4.39 Å². The summed E-state index contributed by atoms with van der Waals surface area (Å²) in [5, 5.41) is 4.92. The van der Waals surface area contributed by atoms with Crippen molar-refractivity contribution >= 4 is 16.6 Å². The molecule has 6 atom stereocenters. The van der Waals surface area contributed by atoms with Crippen LogP contribution in [0.1, 0.15) is 73.4 Å². The second-order valence-electron chi connectivity index (χ2n) is 12.2. The van der Waals surface area contributed by atoms with E-state index in [1.54, 1.807) is 6.07 Å². The molecule has 8 rings (SSSR count). The van der Waals surface area contributed by atoms with Crippen LogP contribution in [0.5, 0.6) is 0 Å². The lowest BCUT2D eigenvalue weighted by molar-refractivity contribution is -0.0445. The van der Waals surface area contributed by atoms with Gasteiger partial charge in [-0.2, -0.15) is 0 Å². The molecule has 2 saturated carbocycles. The number of H-pyrrole nitrogens is 1. The molecule has 4 bridgehead atoms. The average Bonchev–Trinajstić information content (AvgIpc) is 3.50. The lowest BCUT2D eigenvalue weighted by Crippen LogP contribution is -2.56. The molecular weight excluding hydrogens is 447 g/mol. The van der Waals surface area contributed by atoms with Crippen LogP contribution in [0.25, 0.3) is 10.9 Å². The van der Waals surface area contributed by atoms with E-state index in [1.807, 2.05) is 0 Å². The molecule has 3 aromatic rings. The number of aromatic amines is 1. The summed E-state index contributed by atoms with van der Waals surface area (Å²) in [5.41, 5.74) is 7.08. The van der Waals surface area contributed by atoms with Gasteiger partial charge in [0, 0.05) is 53.0 Å². The average molecular weight is 485 g/mol. The van der Waals surface area contributed by atoms with E-state index in [0.717, 1.165) is 36.7 Å². The van der Waals surface area contributed by atoms with Crippen LogP contribution in [0.4, 0.5) is 10.1 Å². The van der Waals surface area contributed by atoms with E-state index in [-0.39, 0.29) is 11.9 Å². The Morgan fingerprint density at radius 3 is 2.83 bits per heavy atom. The topological polar surface area (TPSA) is 34.3 Å². The SMILES string of the molecule is C[C@@H]1Cc2c([nH]c3ccccc23)[C@H]2c3c(F)cc(NCCN4CCCC4)cc3C3C4CC[C@H](C3C4)N21. The van der Waals surface area contributed by atoms with Gasteiger partial charge in [-0.25, -0.2) is 4.39 Å². The Labute approximate surface area is 213 Å². The lowest BCUT2D eigenvalue weighted by atomic mass is 9.53. The lowest BCUT2D eigenvalue weighted by Gasteiger charge is -2.57. The number of anilines is 1. The molecule has 2 aromatic carbocycles. The van der Waals surface area contributed by atoms with Crippen molar-refractivity contribution < 1.29 is 4.39 Å². The van der Waals surface area contributed by atoms with E-state index in [9.17, 15) is 0 Å². The molecule has 3 aliphatic heterocycles. The second-order valence-corrected chi connectivity index (χ2v) is 12.2. The van der Waals surface area contributed by atoms with Gasteiger partial charge >= 0.3 is 0 Å². The fourth-order valence-corrected chi connectivity index (χ4v) is 8.90. The van der Waals surface area contributed by atoms with Gasteiger partial charge in [0.05, 0.1) is 6.04 Å². The van der Waals surface area contributed by atoms with Crippen LogP contribution in [-0.2, 0) is 6.42 Å². The van der Waals surface area contributed by atoms with Crippen LogP contribution in [0.3, 0.4) is 0 Å². The maximum atomic E-state index is 16.4. The number of benzene rings is 2. The summed E-state index contributed by atoms with van der Waals surface area (Å²) in [6, 6.07) is 13.8. The number of likely N-dealkylation sites (tertiary alicyclic amines) is 1. The highest BCUT2D eigenvalue weighted by molar-refractivity contribution is 5.85. The molecule has 4 heterocycles. The summed E-state index contributed by atoms with van der Waals surface area (Å²) >= 11 is 0. The molecule has 0 radical (unpaired) electrons. The first-order valence-electron chi connectivity index (χ1n) is 14.3. The standard InChI is InChI=1S/C31H37FN4/c1-18-14-22-21-6-2-3-7-26(21)34-30(22)31-29-24(28-19-8-9-27(36(18)31)23(28)15-19)16-20(17-25(29)32)33-10-13-35-11-4-5-12-35/h2-3,6-7,16-19,23,27-28,31,33-34H,4-5,8-15H2,1H3/t18-,19?,23?,27-,28?,31-/m1/s1. The van der Waals surface area contributed by atoms with Crippen molar-refractivity contribution in [1.29, 1.82) is 0 Å². The molecule has 36 heavy (non-hydrogen) atoms. The molecular formula is C31H37FN4. The molecule has 3 fully saturated rings. The van der Waals surface area contributed by atoms with Crippen molar-refractivity contribution in [2.75, 3.05) is 31.5 Å². The van der Waals surface area contributed by atoms with Gasteiger partial charge in [0.1, 0.15) is 5.82 Å². The third-order valence-corrected chi connectivity index (χ3v) is 10.4. The number of nitrogens with one attached hydrogen (secondary N) is 2. The molecule has 0 amide bonds. The Bertz CT molecular complexity index is 1320. The van der Waals surface area contributed by atoms with E-state index < -0.39 is 0 Å². The third-order valence-electron chi connectivity index (χ3n) is 10.4. The Hall–Kier alpha value is -2.37. The summed E-state index contributed by atoms with van der Waals surface area (Å²) in [7, 11) is 0. The minimum absolute atomic E-state index is 0.0147. The van der Waals surface area contributed by atoms with Crippen LogP contribution in [0.2, 0.25) is 0 Å².